The molecule has 0 amide bonds. The Morgan fingerprint density at radius 1 is 0.308 bits per heavy atom. The van der Waals surface area contributed by atoms with Crippen LogP contribution in [0.15, 0.2) is 88.5 Å². The zero-order valence-electron chi connectivity index (χ0n) is 13.7. The first-order valence-corrected chi connectivity index (χ1v) is 7.22. The molecule has 5 rings (SSSR count). The fourth-order valence-electron chi connectivity index (χ4n) is 2.33. The van der Waals surface area contributed by atoms with E-state index in [0.29, 0.717) is 46.7 Å². The van der Waals surface area contributed by atoms with E-state index in [2.05, 4.69) is 39.9 Å². The van der Waals surface area contributed by atoms with Crippen molar-refractivity contribution < 1.29 is 5.48 Å². The first-order chi connectivity index (χ1) is 11.8. The molecule has 125 valence electrons. The predicted octanol–water partition coefficient (Wildman–Crippen LogP) is -0.274. The Balaban J connectivity index is 0.000000980. The maximum absolute atomic E-state index is 4.37. The SMILES string of the molecule is C1=CC2=NC3=NC(=NC4=NC(=NC5=NC(=NC1=N2)C=C5)C=C4)C=C3.O.[GaH2]. The van der Waals surface area contributed by atoms with E-state index in [1.165, 1.54) is 0 Å². The molecule has 0 aromatic rings. The van der Waals surface area contributed by atoms with Gasteiger partial charge in [0.1, 0.15) is 0 Å². The van der Waals surface area contributed by atoms with Crippen LogP contribution in [0.2, 0.25) is 0 Å². The van der Waals surface area contributed by atoms with Crippen LogP contribution in [0.1, 0.15) is 0 Å². The Bertz CT molecular complexity index is 860. The van der Waals surface area contributed by atoms with Crippen molar-refractivity contribution in [3.8, 4) is 0 Å². The zero-order chi connectivity index (χ0) is 15.9. The molecular weight excluding hydrogens is 390 g/mol. The average molecular weight is 402 g/mol. The van der Waals surface area contributed by atoms with E-state index in [-0.39, 0.29) is 25.3 Å². The van der Waals surface area contributed by atoms with Gasteiger partial charge in [-0.05, 0) is 48.6 Å². The quantitative estimate of drug-likeness (QED) is 0.494. The molecule has 10 heteroatoms. The molecule has 1 radical (unpaired) electrons. The predicted molar refractivity (Wildman–Crippen MR) is 108 cm³/mol. The number of hydrogen-bond acceptors (Lipinski definition) is 8. The molecule has 26 heavy (non-hydrogen) atoms. The van der Waals surface area contributed by atoms with E-state index >= 15 is 0 Å². The van der Waals surface area contributed by atoms with Crippen molar-refractivity contribution in [1.82, 2.24) is 0 Å². The van der Waals surface area contributed by atoms with Crippen LogP contribution in [0.25, 0.3) is 0 Å². The standard InChI is InChI=1S/C16H8N8.Ga.H2O.2H/c1-2-10-17-9(1)21-11-3-4-13(18-11)23-15-7-8-16(20-15)24-14-6-5-12(19-14)22-10;;;;/h1-8H;;1H2;;. The fourth-order valence-corrected chi connectivity index (χ4v) is 2.33. The van der Waals surface area contributed by atoms with Crippen LogP contribution in [0.4, 0.5) is 0 Å². The number of fused-ring (bicyclic) bond motifs is 4. The van der Waals surface area contributed by atoms with Gasteiger partial charge in [-0.2, -0.15) is 0 Å². The Hall–Kier alpha value is -3.08. The van der Waals surface area contributed by atoms with Gasteiger partial charge in [-0.15, -0.1) is 0 Å². The summed E-state index contributed by atoms with van der Waals surface area (Å²) in [5, 5.41) is 0. The van der Waals surface area contributed by atoms with Crippen molar-refractivity contribution in [2.75, 3.05) is 0 Å². The Labute approximate surface area is 160 Å². The van der Waals surface area contributed by atoms with Gasteiger partial charge >= 0.3 is 19.8 Å². The minimum absolute atomic E-state index is 0. The second-order valence-corrected chi connectivity index (χ2v) is 5.09. The van der Waals surface area contributed by atoms with Gasteiger partial charge in [-0.1, -0.05) is 0 Å². The fraction of sp³-hybridized carbons (Fsp3) is 0. The van der Waals surface area contributed by atoms with Crippen molar-refractivity contribution in [2.24, 2.45) is 39.9 Å². The van der Waals surface area contributed by atoms with Gasteiger partial charge in [-0.25, -0.2) is 39.9 Å². The minimum atomic E-state index is 0. The number of rotatable bonds is 0. The molecule has 0 aromatic heterocycles. The molecule has 0 spiro atoms. The third-order valence-corrected chi connectivity index (χ3v) is 3.36. The molecule has 5 aliphatic rings. The topological polar surface area (TPSA) is 130 Å². The molecular formula is C16H12GaN8O. The maximum atomic E-state index is 4.37. The molecule has 0 saturated carbocycles. The van der Waals surface area contributed by atoms with Crippen LogP contribution in [0.5, 0.6) is 0 Å². The monoisotopic (exact) mass is 401 g/mol. The van der Waals surface area contributed by atoms with E-state index in [4.69, 9.17) is 0 Å². The van der Waals surface area contributed by atoms with Gasteiger partial charge < -0.3 is 5.48 Å². The summed E-state index contributed by atoms with van der Waals surface area (Å²) in [5.74, 6) is 4.30. The Kier molecular flexibility index (Phi) is 4.80. The van der Waals surface area contributed by atoms with Crippen molar-refractivity contribution in [2.45, 2.75) is 0 Å². The second-order valence-electron chi connectivity index (χ2n) is 5.09. The molecule has 9 nitrogen and oxygen atoms in total. The van der Waals surface area contributed by atoms with Gasteiger partial charge in [0, 0.05) is 0 Å². The van der Waals surface area contributed by atoms with E-state index < -0.39 is 0 Å². The average Bonchev–Trinajstić information content (AvgIpc) is 3.32. The van der Waals surface area contributed by atoms with E-state index in [1.54, 1.807) is 48.6 Å². The van der Waals surface area contributed by atoms with Crippen LogP contribution in [-0.4, -0.2) is 72.0 Å². The third kappa shape index (κ3) is 3.47. The molecule has 5 aliphatic heterocycles. The molecule has 2 N–H and O–H groups in total. The summed E-state index contributed by atoms with van der Waals surface area (Å²) in [4.78, 5) is 34.8. The first kappa shape index (κ1) is 17.7. The third-order valence-electron chi connectivity index (χ3n) is 3.36. The number of hydrogen-bond donors (Lipinski definition) is 0. The summed E-state index contributed by atoms with van der Waals surface area (Å²) in [6, 6.07) is 0. The second kappa shape index (κ2) is 7.04. The zero-order valence-corrected chi connectivity index (χ0v) is 17.9. The van der Waals surface area contributed by atoms with Crippen LogP contribution < -0.4 is 0 Å². The molecule has 0 saturated heterocycles. The van der Waals surface area contributed by atoms with Crippen LogP contribution >= 0.6 is 0 Å². The van der Waals surface area contributed by atoms with Gasteiger partial charge in [0.15, 0.2) is 46.7 Å². The van der Waals surface area contributed by atoms with Crippen molar-refractivity contribution in [3.05, 3.63) is 48.6 Å². The summed E-state index contributed by atoms with van der Waals surface area (Å²) < 4.78 is 0. The molecule has 0 aromatic carbocycles. The number of nitrogens with zero attached hydrogens (tertiary/aromatic N) is 8. The van der Waals surface area contributed by atoms with Gasteiger partial charge in [0.05, 0.1) is 0 Å². The summed E-state index contributed by atoms with van der Waals surface area (Å²) >= 11 is 0. The van der Waals surface area contributed by atoms with Crippen LogP contribution in [0, 0.1) is 0 Å². The molecule has 0 fully saturated rings. The molecule has 0 unspecified atom stereocenters. The van der Waals surface area contributed by atoms with Crippen LogP contribution in [0.3, 0.4) is 0 Å². The molecule has 0 aliphatic carbocycles. The van der Waals surface area contributed by atoms with Crippen LogP contribution in [-0.2, 0) is 0 Å². The molecule has 5 heterocycles. The number of amidine groups is 8. The first-order valence-electron chi connectivity index (χ1n) is 7.22. The van der Waals surface area contributed by atoms with E-state index in [9.17, 15) is 0 Å². The van der Waals surface area contributed by atoms with Gasteiger partial charge in [0.25, 0.3) is 0 Å². The summed E-state index contributed by atoms with van der Waals surface area (Å²) in [6.07, 6.45) is 14.2. The Morgan fingerprint density at radius 2 is 0.423 bits per heavy atom. The van der Waals surface area contributed by atoms with Crippen molar-refractivity contribution in [1.29, 1.82) is 0 Å². The summed E-state index contributed by atoms with van der Waals surface area (Å²) in [7, 11) is 0. The molecule has 0 atom stereocenters. The van der Waals surface area contributed by atoms with E-state index in [0.717, 1.165) is 0 Å². The van der Waals surface area contributed by atoms with Gasteiger partial charge in [0.2, 0.25) is 0 Å². The van der Waals surface area contributed by atoms with E-state index in [1.807, 2.05) is 0 Å². The molecule has 8 bridgehead atoms. The summed E-state index contributed by atoms with van der Waals surface area (Å²) in [5.41, 5.74) is 0. The normalized spacial score (nSPS) is 20.9. The van der Waals surface area contributed by atoms with Crippen molar-refractivity contribution >= 4 is 66.5 Å². The van der Waals surface area contributed by atoms with Crippen molar-refractivity contribution in [3.63, 3.8) is 0 Å². The number of aliphatic imine (C=N–C) groups is 8. The Morgan fingerprint density at radius 3 is 0.538 bits per heavy atom. The van der Waals surface area contributed by atoms with Gasteiger partial charge in [-0.3, -0.25) is 0 Å². The summed E-state index contributed by atoms with van der Waals surface area (Å²) in [6.45, 7) is 0.